The molecule has 5 nitrogen and oxygen atoms in total. The molecule has 0 aliphatic carbocycles. The minimum absolute atomic E-state index is 0.0301. The molecule has 1 fully saturated rings. The van der Waals surface area contributed by atoms with Crippen LogP contribution in [-0.4, -0.2) is 30.1 Å². The number of oxazole rings is 1. The third-order valence-corrected chi connectivity index (χ3v) is 3.99. The van der Waals surface area contributed by atoms with Crippen molar-refractivity contribution in [2.45, 2.75) is 38.2 Å². The summed E-state index contributed by atoms with van der Waals surface area (Å²) in [6.45, 7) is 1.52. The van der Waals surface area contributed by atoms with E-state index in [0.29, 0.717) is 31.4 Å². The molecule has 2 heterocycles. The van der Waals surface area contributed by atoms with Gasteiger partial charge in [-0.15, -0.1) is 0 Å². The zero-order valence-corrected chi connectivity index (χ0v) is 13.2. The molecule has 5 heteroatoms. The van der Waals surface area contributed by atoms with Crippen LogP contribution in [0.4, 0.5) is 0 Å². The van der Waals surface area contributed by atoms with Crippen LogP contribution in [0.3, 0.4) is 0 Å². The summed E-state index contributed by atoms with van der Waals surface area (Å²) in [6.07, 6.45) is 6.05. The van der Waals surface area contributed by atoms with Crippen molar-refractivity contribution in [3.8, 4) is 11.3 Å². The number of carbonyl (C=O) groups excluding carboxylic acids is 1. The summed E-state index contributed by atoms with van der Waals surface area (Å²) >= 11 is 0. The number of hydrogen-bond donors (Lipinski definition) is 1. The van der Waals surface area contributed by atoms with Crippen molar-refractivity contribution >= 4 is 5.91 Å². The predicted molar refractivity (Wildman–Crippen MR) is 86.9 cm³/mol. The Hall–Kier alpha value is -2.14. The topological polar surface area (TPSA) is 64.4 Å². The highest BCUT2D eigenvalue weighted by molar-refractivity contribution is 5.76. The molecule has 1 atom stereocenters. The number of nitrogens with zero attached hydrogens (tertiary/aromatic N) is 1. The van der Waals surface area contributed by atoms with Gasteiger partial charge < -0.3 is 14.5 Å². The number of carbonyl (C=O) groups is 1. The number of rotatable bonds is 7. The van der Waals surface area contributed by atoms with E-state index in [9.17, 15) is 4.79 Å². The summed E-state index contributed by atoms with van der Waals surface area (Å²) in [4.78, 5) is 16.1. The molecule has 1 aromatic heterocycles. The van der Waals surface area contributed by atoms with Crippen molar-refractivity contribution in [1.29, 1.82) is 0 Å². The number of amides is 1. The van der Waals surface area contributed by atoms with Crippen molar-refractivity contribution in [1.82, 2.24) is 10.3 Å². The summed E-state index contributed by atoms with van der Waals surface area (Å²) < 4.78 is 11.2. The molecule has 1 saturated heterocycles. The molecular weight excluding hydrogens is 292 g/mol. The van der Waals surface area contributed by atoms with E-state index in [2.05, 4.69) is 10.3 Å². The van der Waals surface area contributed by atoms with Gasteiger partial charge in [0.25, 0.3) is 0 Å². The standard InChI is InChI=1S/C18H22N2O3/c21-17(19-11-10-15-7-4-12-22-15)8-9-18-20-13-16(23-18)14-5-2-1-3-6-14/h1-3,5-6,13,15H,4,7-12H2,(H,19,21)/t15-/m0/s1. The van der Waals surface area contributed by atoms with E-state index in [4.69, 9.17) is 9.15 Å². The molecule has 3 rings (SSSR count). The second-order valence-corrected chi connectivity index (χ2v) is 5.76. The zero-order valence-electron chi connectivity index (χ0n) is 13.2. The van der Waals surface area contributed by atoms with Gasteiger partial charge in [0.05, 0.1) is 12.3 Å². The third-order valence-electron chi connectivity index (χ3n) is 3.99. The van der Waals surface area contributed by atoms with Crippen LogP contribution in [-0.2, 0) is 16.0 Å². The lowest BCUT2D eigenvalue weighted by Gasteiger charge is -2.09. The van der Waals surface area contributed by atoms with Crippen LogP contribution in [0.25, 0.3) is 11.3 Å². The molecule has 2 aromatic rings. The first-order valence-electron chi connectivity index (χ1n) is 8.20. The lowest BCUT2D eigenvalue weighted by molar-refractivity contribution is -0.121. The fourth-order valence-corrected chi connectivity index (χ4v) is 2.72. The van der Waals surface area contributed by atoms with Gasteiger partial charge in [0, 0.05) is 31.6 Å². The molecule has 1 aliphatic heterocycles. The molecule has 1 amide bonds. The molecular formula is C18H22N2O3. The van der Waals surface area contributed by atoms with Crippen molar-refractivity contribution in [2.75, 3.05) is 13.2 Å². The van der Waals surface area contributed by atoms with Gasteiger partial charge in [0.2, 0.25) is 5.91 Å². The lowest BCUT2D eigenvalue weighted by Crippen LogP contribution is -2.27. The maximum Gasteiger partial charge on any atom is 0.220 e. The number of benzene rings is 1. The average molecular weight is 314 g/mol. The van der Waals surface area contributed by atoms with Crippen LogP contribution < -0.4 is 5.32 Å². The number of hydrogen-bond acceptors (Lipinski definition) is 4. The average Bonchev–Trinajstić information content (AvgIpc) is 3.25. The Labute approximate surface area is 136 Å². The van der Waals surface area contributed by atoms with Gasteiger partial charge in [-0.1, -0.05) is 30.3 Å². The Morgan fingerprint density at radius 1 is 1.30 bits per heavy atom. The van der Waals surface area contributed by atoms with E-state index in [0.717, 1.165) is 37.2 Å². The predicted octanol–water partition coefficient (Wildman–Crippen LogP) is 2.96. The summed E-state index contributed by atoms with van der Waals surface area (Å²) in [5, 5.41) is 2.93. The van der Waals surface area contributed by atoms with Gasteiger partial charge in [0.1, 0.15) is 0 Å². The van der Waals surface area contributed by atoms with Gasteiger partial charge in [-0.2, -0.15) is 0 Å². The smallest absolute Gasteiger partial charge is 0.220 e. The van der Waals surface area contributed by atoms with Gasteiger partial charge in [0.15, 0.2) is 11.7 Å². The summed E-state index contributed by atoms with van der Waals surface area (Å²) in [7, 11) is 0. The Bertz CT molecular complexity index is 618. The van der Waals surface area contributed by atoms with Crippen molar-refractivity contribution in [3.05, 3.63) is 42.4 Å². The first kappa shape index (κ1) is 15.7. The number of aromatic nitrogens is 1. The highest BCUT2D eigenvalue weighted by Gasteiger charge is 2.15. The fraction of sp³-hybridized carbons (Fsp3) is 0.444. The number of aryl methyl sites for hydroxylation is 1. The molecule has 1 aromatic carbocycles. The van der Waals surface area contributed by atoms with E-state index in [1.807, 2.05) is 30.3 Å². The van der Waals surface area contributed by atoms with Crippen LogP contribution >= 0.6 is 0 Å². The van der Waals surface area contributed by atoms with E-state index in [-0.39, 0.29) is 5.91 Å². The molecule has 0 saturated carbocycles. The van der Waals surface area contributed by atoms with Gasteiger partial charge >= 0.3 is 0 Å². The van der Waals surface area contributed by atoms with Crippen LogP contribution in [0.5, 0.6) is 0 Å². The highest BCUT2D eigenvalue weighted by Crippen LogP contribution is 2.20. The summed E-state index contributed by atoms with van der Waals surface area (Å²) in [6, 6.07) is 9.82. The first-order valence-corrected chi connectivity index (χ1v) is 8.20. The molecule has 0 unspecified atom stereocenters. The zero-order chi connectivity index (χ0) is 15.9. The molecule has 23 heavy (non-hydrogen) atoms. The van der Waals surface area contributed by atoms with Gasteiger partial charge in [-0.25, -0.2) is 4.98 Å². The Morgan fingerprint density at radius 3 is 2.96 bits per heavy atom. The fourth-order valence-electron chi connectivity index (χ4n) is 2.72. The van der Waals surface area contributed by atoms with Crippen LogP contribution in [0.2, 0.25) is 0 Å². The van der Waals surface area contributed by atoms with E-state index >= 15 is 0 Å². The number of nitrogens with one attached hydrogen (secondary N) is 1. The monoisotopic (exact) mass is 314 g/mol. The van der Waals surface area contributed by atoms with Gasteiger partial charge in [-0.3, -0.25) is 4.79 Å². The van der Waals surface area contributed by atoms with Crippen molar-refractivity contribution < 1.29 is 13.9 Å². The van der Waals surface area contributed by atoms with Crippen LogP contribution in [0, 0.1) is 0 Å². The Kier molecular flexibility index (Phi) is 5.42. The normalized spacial score (nSPS) is 17.3. The minimum atomic E-state index is 0.0301. The van der Waals surface area contributed by atoms with Crippen molar-refractivity contribution in [3.63, 3.8) is 0 Å². The quantitative estimate of drug-likeness (QED) is 0.853. The Balaban J connectivity index is 1.40. The molecule has 0 bridgehead atoms. The third kappa shape index (κ3) is 4.66. The summed E-state index contributed by atoms with van der Waals surface area (Å²) in [5.74, 6) is 1.36. The molecule has 122 valence electrons. The largest absolute Gasteiger partial charge is 0.441 e. The van der Waals surface area contributed by atoms with E-state index < -0.39 is 0 Å². The minimum Gasteiger partial charge on any atom is -0.441 e. The van der Waals surface area contributed by atoms with Crippen LogP contribution in [0.15, 0.2) is 40.9 Å². The lowest BCUT2D eigenvalue weighted by atomic mass is 10.2. The first-order chi connectivity index (χ1) is 11.3. The maximum atomic E-state index is 11.8. The Morgan fingerprint density at radius 2 is 2.17 bits per heavy atom. The molecule has 0 spiro atoms. The van der Waals surface area contributed by atoms with Crippen LogP contribution in [0.1, 0.15) is 31.6 Å². The van der Waals surface area contributed by atoms with Crippen molar-refractivity contribution in [2.24, 2.45) is 0 Å². The highest BCUT2D eigenvalue weighted by atomic mass is 16.5. The molecule has 1 aliphatic rings. The molecule has 1 N–H and O–H groups in total. The SMILES string of the molecule is O=C(CCc1ncc(-c2ccccc2)o1)NCC[C@@H]1CCCO1. The number of ether oxygens (including phenoxy) is 1. The molecule has 0 radical (unpaired) electrons. The second kappa shape index (κ2) is 7.92. The van der Waals surface area contributed by atoms with Gasteiger partial charge in [-0.05, 0) is 19.3 Å². The summed E-state index contributed by atoms with van der Waals surface area (Å²) in [5.41, 5.74) is 0.993. The van der Waals surface area contributed by atoms with E-state index in [1.54, 1.807) is 6.20 Å². The van der Waals surface area contributed by atoms with E-state index in [1.165, 1.54) is 0 Å². The second-order valence-electron chi connectivity index (χ2n) is 5.76. The maximum absolute atomic E-state index is 11.8.